The predicted octanol–water partition coefficient (Wildman–Crippen LogP) is 4.92. The molecule has 3 aliphatic rings. The average molecular weight is 285 g/mol. The van der Waals surface area contributed by atoms with Gasteiger partial charge in [-0.05, 0) is 31.2 Å². The molecule has 0 radical (unpaired) electrons. The Hall–Kier alpha value is -1.02. The zero-order valence-electron chi connectivity index (χ0n) is 12.9. The lowest BCUT2D eigenvalue weighted by molar-refractivity contribution is -0.0403. The van der Waals surface area contributed by atoms with Crippen LogP contribution in [0.15, 0.2) is 24.3 Å². The van der Waals surface area contributed by atoms with E-state index in [4.69, 9.17) is 4.74 Å². The van der Waals surface area contributed by atoms with Crippen molar-refractivity contribution in [1.82, 2.24) is 0 Å². The monoisotopic (exact) mass is 285 g/mol. The molecule has 1 aliphatic carbocycles. The summed E-state index contributed by atoms with van der Waals surface area (Å²) < 4.78 is 6.19. The highest BCUT2D eigenvalue weighted by Crippen LogP contribution is 2.45. The van der Waals surface area contributed by atoms with Crippen molar-refractivity contribution in [1.29, 1.82) is 0 Å². The van der Waals surface area contributed by atoms with Crippen molar-refractivity contribution in [2.75, 3.05) is 11.9 Å². The number of benzene rings is 1. The van der Waals surface area contributed by atoms with Crippen LogP contribution >= 0.6 is 0 Å². The minimum absolute atomic E-state index is 0.338. The highest BCUT2D eigenvalue weighted by atomic mass is 16.5. The second kappa shape index (κ2) is 6.00. The van der Waals surface area contributed by atoms with Gasteiger partial charge in [0.2, 0.25) is 0 Å². The Kier molecular flexibility index (Phi) is 3.89. The van der Waals surface area contributed by atoms with Gasteiger partial charge in [0.05, 0.1) is 6.10 Å². The molecule has 4 rings (SSSR count). The van der Waals surface area contributed by atoms with Crippen LogP contribution in [0.5, 0.6) is 0 Å². The van der Waals surface area contributed by atoms with Crippen molar-refractivity contribution in [3.63, 3.8) is 0 Å². The van der Waals surface area contributed by atoms with Gasteiger partial charge in [0.15, 0.2) is 0 Å². The number of ether oxygens (including phenoxy) is 1. The molecule has 3 atom stereocenters. The highest BCUT2D eigenvalue weighted by molar-refractivity contribution is 5.55. The van der Waals surface area contributed by atoms with Crippen LogP contribution in [0.1, 0.15) is 63.0 Å². The van der Waals surface area contributed by atoms with Crippen molar-refractivity contribution in [3.8, 4) is 0 Å². The third-order valence-electron chi connectivity index (χ3n) is 5.81. The van der Waals surface area contributed by atoms with Gasteiger partial charge in [-0.15, -0.1) is 0 Å². The first-order valence-electron chi connectivity index (χ1n) is 8.89. The lowest BCUT2D eigenvalue weighted by Gasteiger charge is -2.44. The zero-order chi connectivity index (χ0) is 14.1. The van der Waals surface area contributed by atoms with Gasteiger partial charge in [0, 0.05) is 29.8 Å². The van der Waals surface area contributed by atoms with Crippen molar-refractivity contribution in [3.05, 3.63) is 29.8 Å². The Labute approximate surface area is 128 Å². The highest BCUT2D eigenvalue weighted by Gasteiger charge is 2.39. The summed E-state index contributed by atoms with van der Waals surface area (Å²) in [6.07, 6.45) is 11.5. The molecule has 1 aromatic carbocycles. The molecule has 2 fully saturated rings. The molecule has 0 bridgehead atoms. The standard InChI is InChI=1S/C19H27NO/c1-2-7-14(8-3-1)13-18-16-10-6-12-21-19(16)15-9-4-5-11-17(15)20-18/h4-5,9,11,14,16,18-20H,1-3,6-8,10,12-13H2. The van der Waals surface area contributed by atoms with Crippen molar-refractivity contribution < 1.29 is 4.74 Å². The Morgan fingerprint density at radius 2 is 1.86 bits per heavy atom. The second-order valence-corrected chi connectivity index (χ2v) is 7.18. The molecule has 1 N–H and O–H groups in total. The smallest absolute Gasteiger partial charge is 0.0892 e. The first-order chi connectivity index (χ1) is 10.4. The van der Waals surface area contributed by atoms with Crippen molar-refractivity contribution >= 4 is 5.69 Å². The maximum Gasteiger partial charge on any atom is 0.0892 e. The van der Waals surface area contributed by atoms with E-state index < -0.39 is 0 Å². The van der Waals surface area contributed by atoms with Crippen LogP contribution in [0, 0.1) is 11.8 Å². The van der Waals surface area contributed by atoms with Crippen LogP contribution in [0.25, 0.3) is 0 Å². The maximum atomic E-state index is 6.19. The SMILES string of the molecule is c1ccc2c(c1)NC(CC1CCCCC1)C1CCCOC21. The molecule has 2 heteroatoms. The molecule has 2 heterocycles. The Bertz CT molecular complexity index is 480. The number of hydrogen-bond acceptors (Lipinski definition) is 2. The summed E-state index contributed by atoms with van der Waals surface area (Å²) >= 11 is 0. The number of anilines is 1. The molecule has 1 saturated carbocycles. The second-order valence-electron chi connectivity index (χ2n) is 7.18. The van der Waals surface area contributed by atoms with Crippen LogP contribution < -0.4 is 5.32 Å². The maximum absolute atomic E-state index is 6.19. The molecule has 114 valence electrons. The van der Waals surface area contributed by atoms with E-state index in [0.717, 1.165) is 12.5 Å². The summed E-state index contributed by atoms with van der Waals surface area (Å²) in [5, 5.41) is 3.86. The van der Waals surface area contributed by atoms with Crippen LogP contribution in [0.2, 0.25) is 0 Å². The predicted molar refractivity (Wildman–Crippen MR) is 86.5 cm³/mol. The molecule has 1 saturated heterocycles. The van der Waals surface area contributed by atoms with E-state index in [-0.39, 0.29) is 0 Å². The Morgan fingerprint density at radius 1 is 1.00 bits per heavy atom. The first-order valence-corrected chi connectivity index (χ1v) is 8.89. The molecule has 0 aromatic heterocycles. The molecule has 1 aromatic rings. The minimum atomic E-state index is 0.338. The van der Waals surface area contributed by atoms with Gasteiger partial charge < -0.3 is 10.1 Å². The van der Waals surface area contributed by atoms with Crippen LogP contribution in [0.3, 0.4) is 0 Å². The van der Waals surface area contributed by atoms with Crippen LogP contribution in [0.4, 0.5) is 5.69 Å². The molecule has 2 aliphatic heterocycles. The summed E-state index contributed by atoms with van der Waals surface area (Å²) in [5.41, 5.74) is 2.71. The fraction of sp³-hybridized carbons (Fsp3) is 0.684. The largest absolute Gasteiger partial charge is 0.382 e. The Balaban J connectivity index is 1.56. The van der Waals surface area contributed by atoms with Gasteiger partial charge in [-0.3, -0.25) is 0 Å². The topological polar surface area (TPSA) is 21.3 Å². The molecule has 21 heavy (non-hydrogen) atoms. The molecule has 0 spiro atoms. The van der Waals surface area contributed by atoms with Crippen LogP contribution in [-0.4, -0.2) is 12.6 Å². The fourth-order valence-electron chi connectivity index (χ4n) is 4.74. The van der Waals surface area contributed by atoms with Crippen molar-refractivity contribution in [2.45, 2.75) is 63.5 Å². The quantitative estimate of drug-likeness (QED) is 0.833. The zero-order valence-corrected chi connectivity index (χ0v) is 12.9. The van der Waals surface area contributed by atoms with Gasteiger partial charge in [-0.25, -0.2) is 0 Å². The lowest BCUT2D eigenvalue weighted by atomic mass is 9.75. The number of nitrogens with one attached hydrogen (secondary N) is 1. The van der Waals surface area contributed by atoms with E-state index in [2.05, 4.69) is 29.6 Å². The molecule has 0 amide bonds. The number of para-hydroxylation sites is 1. The van der Waals surface area contributed by atoms with Gasteiger partial charge >= 0.3 is 0 Å². The van der Waals surface area contributed by atoms with Crippen LogP contribution in [-0.2, 0) is 4.74 Å². The lowest BCUT2D eigenvalue weighted by Crippen LogP contribution is -2.42. The van der Waals surface area contributed by atoms with E-state index >= 15 is 0 Å². The summed E-state index contributed by atoms with van der Waals surface area (Å²) in [5.74, 6) is 1.61. The fourth-order valence-corrected chi connectivity index (χ4v) is 4.74. The number of rotatable bonds is 2. The third kappa shape index (κ3) is 2.70. The van der Waals surface area contributed by atoms with Crippen molar-refractivity contribution in [2.24, 2.45) is 11.8 Å². The van der Waals surface area contributed by atoms with E-state index in [0.29, 0.717) is 18.1 Å². The molecule has 2 nitrogen and oxygen atoms in total. The van der Waals surface area contributed by atoms with E-state index in [1.165, 1.54) is 62.6 Å². The van der Waals surface area contributed by atoms with Gasteiger partial charge in [0.25, 0.3) is 0 Å². The summed E-state index contributed by atoms with van der Waals surface area (Å²) in [6, 6.07) is 9.40. The van der Waals surface area contributed by atoms with Gasteiger partial charge in [-0.1, -0.05) is 50.3 Å². The van der Waals surface area contributed by atoms with Gasteiger partial charge in [-0.2, -0.15) is 0 Å². The summed E-state index contributed by atoms with van der Waals surface area (Å²) in [4.78, 5) is 0. The van der Waals surface area contributed by atoms with E-state index in [1.54, 1.807) is 0 Å². The molecule has 3 unspecified atom stereocenters. The van der Waals surface area contributed by atoms with E-state index in [9.17, 15) is 0 Å². The number of hydrogen-bond donors (Lipinski definition) is 1. The van der Waals surface area contributed by atoms with Gasteiger partial charge in [0.1, 0.15) is 0 Å². The normalized spacial score (nSPS) is 32.9. The van der Waals surface area contributed by atoms with E-state index in [1.807, 2.05) is 0 Å². The summed E-state index contributed by atoms with van der Waals surface area (Å²) in [7, 11) is 0. The minimum Gasteiger partial charge on any atom is -0.382 e. The Morgan fingerprint density at radius 3 is 2.76 bits per heavy atom. The third-order valence-corrected chi connectivity index (χ3v) is 5.81. The summed E-state index contributed by atoms with van der Waals surface area (Å²) in [6.45, 7) is 0.936. The number of fused-ring (bicyclic) bond motifs is 3. The first kappa shape index (κ1) is 13.6. The molecular weight excluding hydrogens is 258 g/mol. The molecular formula is C19H27NO. The average Bonchev–Trinajstić information content (AvgIpc) is 2.56.